The predicted octanol–water partition coefficient (Wildman–Crippen LogP) is 3.77. The molecule has 1 aliphatic rings. The summed E-state index contributed by atoms with van der Waals surface area (Å²) in [5, 5.41) is 11.7. The second kappa shape index (κ2) is 8.57. The molecule has 4 rings (SSSR count). The van der Waals surface area contributed by atoms with E-state index >= 15 is 0 Å². The Morgan fingerprint density at radius 2 is 1.97 bits per heavy atom. The third-order valence-electron chi connectivity index (χ3n) is 5.01. The van der Waals surface area contributed by atoms with Gasteiger partial charge in [0.05, 0.1) is 11.5 Å². The van der Waals surface area contributed by atoms with Crippen molar-refractivity contribution in [2.75, 3.05) is 0 Å². The summed E-state index contributed by atoms with van der Waals surface area (Å²) in [6.07, 6.45) is 7.37. The van der Waals surface area contributed by atoms with Crippen LogP contribution < -0.4 is 5.69 Å². The monoisotopic (exact) mass is 408 g/mol. The molecule has 0 spiro atoms. The minimum Gasteiger partial charge on any atom is -0.291 e. The fraction of sp³-hybridized carbons (Fsp3) is 0.286. The third kappa shape index (κ3) is 4.37. The number of rotatable bonds is 6. The maximum absolute atomic E-state index is 12.8. The number of pyridine rings is 1. The Labute approximate surface area is 172 Å². The Hall–Kier alpha value is -3.00. The number of hydrogen-bond donors (Lipinski definition) is 0. The van der Waals surface area contributed by atoms with Crippen LogP contribution in [-0.2, 0) is 25.1 Å². The van der Waals surface area contributed by atoms with Gasteiger partial charge in [-0.2, -0.15) is 4.98 Å². The molecule has 0 saturated carbocycles. The largest absolute Gasteiger partial charge is 0.349 e. The summed E-state index contributed by atoms with van der Waals surface area (Å²) in [5.41, 5.74) is 3.83. The van der Waals surface area contributed by atoms with E-state index < -0.39 is 4.92 Å². The summed E-state index contributed by atoms with van der Waals surface area (Å²) < 4.78 is 1.77. The first-order chi connectivity index (χ1) is 14.1. The van der Waals surface area contributed by atoms with Crippen molar-refractivity contribution < 1.29 is 4.92 Å². The van der Waals surface area contributed by atoms with Gasteiger partial charge in [0.25, 0.3) is 5.69 Å². The number of hydrogen-bond acceptors (Lipinski definition) is 6. The number of nitro benzene ring substituents is 1. The van der Waals surface area contributed by atoms with Crippen LogP contribution in [0.3, 0.4) is 0 Å². The number of aromatic nitrogens is 3. The van der Waals surface area contributed by atoms with Crippen LogP contribution in [0, 0.1) is 10.1 Å². The second-order valence-electron chi connectivity index (χ2n) is 6.99. The number of nitro groups is 1. The molecule has 8 heteroatoms. The SMILES string of the molecule is O=c1nc(SCc2cccc([N+](=O)[O-])c2)c2c(n1Cc1cccnc1)CCCC2. The van der Waals surface area contributed by atoms with Gasteiger partial charge in [0.1, 0.15) is 5.03 Å². The van der Waals surface area contributed by atoms with Gasteiger partial charge in [-0.3, -0.25) is 19.7 Å². The average Bonchev–Trinajstić information content (AvgIpc) is 2.75. The smallest absolute Gasteiger partial charge is 0.291 e. The van der Waals surface area contributed by atoms with Gasteiger partial charge in [-0.05, 0) is 42.9 Å². The zero-order chi connectivity index (χ0) is 20.2. The van der Waals surface area contributed by atoms with Gasteiger partial charge in [0.2, 0.25) is 0 Å². The lowest BCUT2D eigenvalue weighted by molar-refractivity contribution is -0.384. The zero-order valence-corrected chi connectivity index (χ0v) is 16.6. The van der Waals surface area contributed by atoms with Crippen molar-refractivity contribution in [1.82, 2.24) is 14.5 Å². The van der Waals surface area contributed by atoms with Crippen LogP contribution in [0.25, 0.3) is 0 Å². The highest BCUT2D eigenvalue weighted by Crippen LogP contribution is 2.31. The summed E-state index contributed by atoms with van der Waals surface area (Å²) in [6, 6.07) is 10.4. The van der Waals surface area contributed by atoms with E-state index in [4.69, 9.17) is 0 Å². The lowest BCUT2D eigenvalue weighted by Crippen LogP contribution is -2.30. The van der Waals surface area contributed by atoms with Crippen LogP contribution in [0.5, 0.6) is 0 Å². The van der Waals surface area contributed by atoms with E-state index in [1.54, 1.807) is 29.1 Å². The molecular weight excluding hydrogens is 388 g/mol. The average molecular weight is 408 g/mol. The van der Waals surface area contributed by atoms with Gasteiger partial charge in [-0.15, -0.1) is 11.8 Å². The number of non-ortho nitro benzene ring substituents is 1. The van der Waals surface area contributed by atoms with Crippen molar-refractivity contribution in [2.24, 2.45) is 0 Å². The molecule has 0 atom stereocenters. The molecule has 148 valence electrons. The molecule has 2 aromatic heterocycles. The van der Waals surface area contributed by atoms with Crippen LogP contribution in [-0.4, -0.2) is 19.5 Å². The normalized spacial score (nSPS) is 13.1. The Kier molecular flexibility index (Phi) is 5.71. The highest BCUT2D eigenvalue weighted by molar-refractivity contribution is 7.98. The van der Waals surface area contributed by atoms with Crippen molar-refractivity contribution in [3.05, 3.63) is 91.8 Å². The van der Waals surface area contributed by atoms with Crippen molar-refractivity contribution >= 4 is 17.4 Å². The van der Waals surface area contributed by atoms with Crippen LogP contribution in [0.1, 0.15) is 35.2 Å². The molecule has 0 N–H and O–H groups in total. The maximum atomic E-state index is 12.8. The molecule has 1 aliphatic carbocycles. The van der Waals surface area contributed by atoms with Crippen LogP contribution in [0.15, 0.2) is 58.6 Å². The lowest BCUT2D eigenvalue weighted by atomic mass is 9.97. The fourth-order valence-electron chi connectivity index (χ4n) is 3.62. The summed E-state index contributed by atoms with van der Waals surface area (Å²) >= 11 is 1.48. The van der Waals surface area contributed by atoms with Gasteiger partial charge in [-0.1, -0.05) is 18.2 Å². The number of nitrogens with zero attached hydrogens (tertiary/aromatic N) is 4. The van der Waals surface area contributed by atoms with E-state index in [0.29, 0.717) is 12.3 Å². The summed E-state index contributed by atoms with van der Waals surface area (Å²) in [7, 11) is 0. The highest BCUT2D eigenvalue weighted by atomic mass is 32.2. The van der Waals surface area contributed by atoms with E-state index in [-0.39, 0.29) is 11.4 Å². The van der Waals surface area contributed by atoms with E-state index in [0.717, 1.165) is 53.1 Å². The van der Waals surface area contributed by atoms with Crippen molar-refractivity contribution in [1.29, 1.82) is 0 Å². The van der Waals surface area contributed by atoms with Crippen molar-refractivity contribution in [3.8, 4) is 0 Å². The molecule has 3 aromatic rings. The second-order valence-corrected chi connectivity index (χ2v) is 7.96. The van der Waals surface area contributed by atoms with E-state index in [1.807, 2.05) is 18.2 Å². The van der Waals surface area contributed by atoms with E-state index in [1.165, 1.54) is 17.8 Å². The lowest BCUT2D eigenvalue weighted by Gasteiger charge is -2.22. The fourth-order valence-corrected chi connectivity index (χ4v) is 4.64. The zero-order valence-electron chi connectivity index (χ0n) is 15.8. The van der Waals surface area contributed by atoms with E-state index in [9.17, 15) is 14.9 Å². The molecule has 1 aromatic carbocycles. The predicted molar refractivity (Wildman–Crippen MR) is 111 cm³/mol. The first-order valence-electron chi connectivity index (χ1n) is 9.49. The van der Waals surface area contributed by atoms with E-state index in [2.05, 4.69) is 9.97 Å². The van der Waals surface area contributed by atoms with Crippen LogP contribution >= 0.6 is 11.8 Å². The van der Waals surface area contributed by atoms with Gasteiger partial charge in [0.15, 0.2) is 0 Å². The quantitative estimate of drug-likeness (QED) is 0.267. The summed E-state index contributed by atoms with van der Waals surface area (Å²) in [6.45, 7) is 0.470. The number of thioether (sulfide) groups is 1. The van der Waals surface area contributed by atoms with Crippen molar-refractivity contribution in [2.45, 2.75) is 43.0 Å². The molecular formula is C21H20N4O3S. The molecule has 0 amide bonds. The Morgan fingerprint density at radius 3 is 2.76 bits per heavy atom. The molecule has 0 unspecified atom stereocenters. The molecule has 2 heterocycles. The highest BCUT2D eigenvalue weighted by Gasteiger charge is 2.21. The third-order valence-corrected chi connectivity index (χ3v) is 6.10. The number of benzene rings is 1. The molecule has 7 nitrogen and oxygen atoms in total. The van der Waals surface area contributed by atoms with Gasteiger partial charge in [0, 0.05) is 41.5 Å². The summed E-state index contributed by atoms with van der Waals surface area (Å²) in [4.78, 5) is 31.9. The first kappa shape index (κ1) is 19.3. The molecule has 0 saturated heterocycles. The van der Waals surface area contributed by atoms with Gasteiger partial charge >= 0.3 is 5.69 Å². The van der Waals surface area contributed by atoms with Gasteiger partial charge in [-0.25, -0.2) is 4.79 Å². The van der Waals surface area contributed by atoms with Crippen LogP contribution in [0.2, 0.25) is 0 Å². The van der Waals surface area contributed by atoms with Crippen molar-refractivity contribution in [3.63, 3.8) is 0 Å². The standard InChI is InChI=1S/C21H20N4O3S/c26-21-23-20(29-14-15-5-3-7-17(11-15)25(27)28)18-8-1-2-9-19(18)24(21)13-16-6-4-10-22-12-16/h3-7,10-12H,1-2,8-9,13-14H2. The minimum absolute atomic E-state index is 0.0741. The Morgan fingerprint density at radius 1 is 1.14 bits per heavy atom. The number of fused-ring (bicyclic) bond motifs is 1. The molecule has 0 bridgehead atoms. The van der Waals surface area contributed by atoms with Crippen LogP contribution in [0.4, 0.5) is 5.69 Å². The Balaban J connectivity index is 1.63. The minimum atomic E-state index is -0.395. The summed E-state index contributed by atoms with van der Waals surface area (Å²) in [5.74, 6) is 0.535. The molecule has 0 radical (unpaired) electrons. The van der Waals surface area contributed by atoms with Gasteiger partial charge < -0.3 is 0 Å². The molecule has 0 aliphatic heterocycles. The maximum Gasteiger partial charge on any atom is 0.349 e. The molecule has 0 fully saturated rings. The molecule has 29 heavy (non-hydrogen) atoms. The topological polar surface area (TPSA) is 90.9 Å². The first-order valence-corrected chi connectivity index (χ1v) is 10.5. The Bertz CT molecular complexity index is 1100.